The molecule has 1 heterocycles. The minimum atomic E-state index is -0.210. The molecule has 1 unspecified atom stereocenters. The van der Waals surface area contributed by atoms with E-state index in [9.17, 15) is 4.39 Å². The van der Waals surface area contributed by atoms with Crippen LogP contribution >= 0.6 is 15.9 Å². The van der Waals surface area contributed by atoms with E-state index in [0.717, 1.165) is 18.5 Å². The predicted octanol–water partition coefficient (Wildman–Crippen LogP) is 3.98. The lowest BCUT2D eigenvalue weighted by atomic mass is 9.99. The first-order valence-corrected chi connectivity index (χ1v) is 6.78. The van der Waals surface area contributed by atoms with E-state index in [1.165, 1.54) is 17.2 Å². The van der Waals surface area contributed by atoms with Crippen LogP contribution in [-0.2, 0) is 13.0 Å². The Hall–Kier alpha value is -1.19. The van der Waals surface area contributed by atoms with Crippen LogP contribution in [0.2, 0.25) is 0 Å². The number of hydrogen-bond donors (Lipinski definition) is 1. The van der Waals surface area contributed by atoms with Crippen molar-refractivity contribution in [3.8, 4) is 0 Å². The Morgan fingerprint density at radius 2 is 2.06 bits per heavy atom. The van der Waals surface area contributed by atoms with E-state index >= 15 is 0 Å². The fourth-order valence-corrected chi connectivity index (χ4v) is 2.89. The lowest BCUT2D eigenvalue weighted by Gasteiger charge is -2.12. The van der Waals surface area contributed by atoms with E-state index in [2.05, 4.69) is 45.5 Å². The van der Waals surface area contributed by atoms with E-state index in [1.54, 1.807) is 0 Å². The third-order valence-corrected chi connectivity index (χ3v) is 4.00. The zero-order valence-electron chi connectivity index (χ0n) is 9.79. The highest BCUT2D eigenvalue weighted by molar-refractivity contribution is 9.10. The monoisotopic (exact) mass is 305 g/mol. The first kappa shape index (κ1) is 11.9. The second-order valence-electron chi connectivity index (χ2n) is 4.58. The van der Waals surface area contributed by atoms with Crippen LogP contribution in [0.15, 0.2) is 46.9 Å². The minimum absolute atomic E-state index is 0.210. The average molecular weight is 306 g/mol. The van der Waals surface area contributed by atoms with Crippen molar-refractivity contribution in [1.29, 1.82) is 0 Å². The number of nitrogens with one attached hydrogen (secondary N) is 1. The van der Waals surface area contributed by atoms with Gasteiger partial charge in [0.2, 0.25) is 0 Å². The molecule has 3 rings (SSSR count). The summed E-state index contributed by atoms with van der Waals surface area (Å²) >= 11 is 3.23. The highest BCUT2D eigenvalue weighted by Gasteiger charge is 2.21. The van der Waals surface area contributed by atoms with Gasteiger partial charge in [-0.15, -0.1) is 0 Å². The summed E-state index contributed by atoms with van der Waals surface area (Å²) in [6, 6.07) is 14.0. The largest absolute Gasteiger partial charge is 0.306 e. The first-order chi connectivity index (χ1) is 8.74. The molecule has 0 amide bonds. The highest BCUT2D eigenvalue weighted by atomic mass is 79.9. The number of benzene rings is 2. The summed E-state index contributed by atoms with van der Waals surface area (Å²) in [5.74, 6) is -0.210. The van der Waals surface area contributed by atoms with Gasteiger partial charge in [-0.3, -0.25) is 0 Å². The zero-order chi connectivity index (χ0) is 12.5. The average Bonchev–Trinajstić information content (AvgIpc) is 2.78. The van der Waals surface area contributed by atoms with Crippen molar-refractivity contribution in [2.24, 2.45) is 0 Å². The summed E-state index contributed by atoms with van der Waals surface area (Å²) in [6.07, 6.45) is 0.885. The lowest BCUT2D eigenvalue weighted by molar-refractivity contribution is 0.578. The van der Waals surface area contributed by atoms with Gasteiger partial charge in [0.15, 0.2) is 0 Å². The molecule has 1 atom stereocenters. The second kappa shape index (κ2) is 4.82. The summed E-state index contributed by atoms with van der Waals surface area (Å²) < 4.78 is 13.7. The Morgan fingerprint density at radius 1 is 1.22 bits per heavy atom. The number of rotatable bonds is 2. The number of hydrogen-bond acceptors (Lipinski definition) is 1. The predicted molar refractivity (Wildman–Crippen MR) is 73.8 cm³/mol. The van der Waals surface area contributed by atoms with Gasteiger partial charge in [-0.1, -0.05) is 30.3 Å². The van der Waals surface area contributed by atoms with Crippen molar-refractivity contribution < 1.29 is 4.39 Å². The molecule has 1 aliphatic heterocycles. The van der Waals surface area contributed by atoms with Crippen LogP contribution in [-0.4, -0.2) is 0 Å². The standard InChI is InChI=1S/C15H13BrFN/c16-13-7-10(5-6-14(13)17)8-15-12-4-2-1-3-11(12)9-18-15/h1-7,15,18H,8-9H2. The van der Waals surface area contributed by atoms with Crippen LogP contribution in [0.25, 0.3) is 0 Å². The molecule has 2 aromatic rings. The quantitative estimate of drug-likeness (QED) is 0.885. The van der Waals surface area contributed by atoms with Crippen LogP contribution in [0.5, 0.6) is 0 Å². The zero-order valence-corrected chi connectivity index (χ0v) is 11.4. The van der Waals surface area contributed by atoms with Crippen molar-refractivity contribution in [3.63, 3.8) is 0 Å². The Labute approximate surface area is 114 Å². The van der Waals surface area contributed by atoms with E-state index in [4.69, 9.17) is 0 Å². The van der Waals surface area contributed by atoms with Gasteiger partial charge in [0.05, 0.1) is 4.47 Å². The molecule has 0 saturated heterocycles. The summed E-state index contributed by atoms with van der Waals surface area (Å²) in [4.78, 5) is 0. The van der Waals surface area contributed by atoms with Gasteiger partial charge in [0.1, 0.15) is 5.82 Å². The van der Waals surface area contributed by atoms with Gasteiger partial charge in [0.25, 0.3) is 0 Å². The van der Waals surface area contributed by atoms with Crippen LogP contribution in [0, 0.1) is 5.82 Å². The van der Waals surface area contributed by atoms with Gasteiger partial charge in [-0.2, -0.15) is 0 Å². The molecule has 1 aliphatic rings. The maximum absolute atomic E-state index is 13.2. The molecule has 2 aromatic carbocycles. The molecule has 0 aliphatic carbocycles. The van der Waals surface area contributed by atoms with Gasteiger partial charge in [-0.05, 0) is 51.2 Å². The van der Waals surface area contributed by atoms with E-state index in [1.807, 2.05) is 12.1 Å². The number of halogens is 2. The fourth-order valence-electron chi connectivity index (χ4n) is 2.46. The second-order valence-corrected chi connectivity index (χ2v) is 5.44. The van der Waals surface area contributed by atoms with Crippen LogP contribution in [0.1, 0.15) is 22.7 Å². The fraction of sp³-hybridized carbons (Fsp3) is 0.200. The van der Waals surface area contributed by atoms with Gasteiger partial charge >= 0.3 is 0 Å². The molecule has 0 aromatic heterocycles. The maximum atomic E-state index is 13.2. The molecule has 0 fully saturated rings. The van der Waals surface area contributed by atoms with Crippen molar-refractivity contribution in [2.75, 3.05) is 0 Å². The third kappa shape index (κ3) is 2.20. The molecule has 0 radical (unpaired) electrons. The van der Waals surface area contributed by atoms with Crippen molar-refractivity contribution in [1.82, 2.24) is 5.32 Å². The van der Waals surface area contributed by atoms with Crippen LogP contribution < -0.4 is 5.32 Å². The first-order valence-electron chi connectivity index (χ1n) is 5.99. The molecular formula is C15H13BrFN. The molecule has 1 N–H and O–H groups in total. The van der Waals surface area contributed by atoms with Gasteiger partial charge in [-0.25, -0.2) is 4.39 Å². The SMILES string of the molecule is Fc1ccc(CC2NCc3ccccc32)cc1Br. The Bertz CT molecular complexity index is 582. The minimum Gasteiger partial charge on any atom is -0.306 e. The molecule has 0 spiro atoms. The molecule has 1 nitrogen and oxygen atoms in total. The van der Waals surface area contributed by atoms with Gasteiger partial charge in [0, 0.05) is 12.6 Å². The highest BCUT2D eigenvalue weighted by Crippen LogP contribution is 2.28. The summed E-state index contributed by atoms with van der Waals surface area (Å²) in [5, 5.41) is 3.50. The van der Waals surface area contributed by atoms with E-state index < -0.39 is 0 Å². The Balaban J connectivity index is 1.84. The van der Waals surface area contributed by atoms with Gasteiger partial charge < -0.3 is 5.32 Å². The van der Waals surface area contributed by atoms with Crippen LogP contribution in [0.4, 0.5) is 4.39 Å². The molecule has 0 saturated carbocycles. The van der Waals surface area contributed by atoms with Crippen LogP contribution in [0.3, 0.4) is 0 Å². The topological polar surface area (TPSA) is 12.0 Å². The summed E-state index contributed by atoms with van der Waals surface area (Å²) in [7, 11) is 0. The van der Waals surface area contributed by atoms with Crippen molar-refractivity contribution >= 4 is 15.9 Å². The third-order valence-electron chi connectivity index (χ3n) is 3.39. The molecular weight excluding hydrogens is 293 g/mol. The lowest BCUT2D eigenvalue weighted by Crippen LogP contribution is -2.14. The Morgan fingerprint density at radius 3 is 2.89 bits per heavy atom. The Kier molecular flexibility index (Phi) is 3.18. The molecule has 3 heteroatoms. The van der Waals surface area contributed by atoms with Crippen molar-refractivity contribution in [3.05, 3.63) is 69.4 Å². The molecule has 92 valence electrons. The number of fused-ring (bicyclic) bond motifs is 1. The normalized spacial score (nSPS) is 17.8. The maximum Gasteiger partial charge on any atom is 0.137 e. The summed E-state index contributed by atoms with van der Waals surface area (Å²) in [6.45, 7) is 0.920. The summed E-state index contributed by atoms with van der Waals surface area (Å²) in [5.41, 5.74) is 3.86. The smallest absolute Gasteiger partial charge is 0.137 e. The molecule has 0 bridgehead atoms. The van der Waals surface area contributed by atoms with E-state index in [-0.39, 0.29) is 5.82 Å². The van der Waals surface area contributed by atoms with Crippen molar-refractivity contribution in [2.45, 2.75) is 19.0 Å². The molecule has 18 heavy (non-hydrogen) atoms. The van der Waals surface area contributed by atoms with E-state index in [0.29, 0.717) is 10.5 Å².